The Kier molecular flexibility index (Phi) is 10.9. The van der Waals surface area contributed by atoms with Gasteiger partial charge in [0.15, 0.2) is 6.61 Å². The van der Waals surface area contributed by atoms with E-state index in [1.807, 2.05) is 12.1 Å². The summed E-state index contributed by atoms with van der Waals surface area (Å²) >= 11 is 0. The van der Waals surface area contributed by atoms with Crippen LogP contribution in [-0.2, 0) is 14.3 Å². The van der Waals surface area contributed by atoms with E-state index in [9.17, 15) is 14.4 Å². The van der Waals surface area contributed by atoms with Crippen LogP contribution >= 0.6 is 0 Å². The Bertz CT molecular complexity index is 1030. The number of hydrogen-bond donors (Lipinski definition) is 2. The number of benzene rings is 1. The predicted octanol–water partition coefficient (Wildman–Crippen LogP) is 2.91. The molecule has 3 amide bonds. The number of ether oxygens (including phenoxy) is 2. The molecular weight excluding hydrogens is 480 g/mol. The zero-order valence-corrected chi connectivity index (χ0v) is 22.7. The molecule has 2 rings (SSSR count). The molecule has 2 N–H and O–H groups in total. The van der Waals surface area contributed by atoms with Gasteiger partial charge in [-0.05, 0) is 78.2 Å². The standard InChI is InChI=1S/C25H40N6O6/c1-24(2,3)36-22(33)26-14-9-10-16-30(17-11-15-27-23(34)37-25(4,5)6)21(32)18-35-31-20-13-8-7-12-19(20)28-29-31/h7-8,12-13H,9-11,14-18H2,1-6H3,(H,26,33)(H,27,34). The molecule has 206 valence electrons. The minimum absolute atomic E-state index is 0.219. The average molecular weight is 521 g/mol. The summed E-state index contributed by atoms with van der Waals surface area (Å²) in [6, 6.07) is 7.29. The van der Waals surface area contributed by atoms with Crippen molar-refractivity contribution in [2.24, 2.45) is 0 Å². The molecular formula is C25H40N6O6. The largest absolute Gasteiger partial charge is 0.444 e. The number of alkyl carbamates (subject to hydrolysis) is 2. The van der Waals surface area contributed by atoms with Gasteiger partial charge in [-0.3, -0.25) is 4.79 Å². The fraction of sp³-hybridized carbons (Fsp3) is 0.640. The monoisotopic (exact) mass is 520 g/mol. The van der Waals surface area contributed by atoms with Crippen LogP contribution in [0.1, 0.15) is 60.8 Å². The lowest BCUT2D eigenvalue weighted by atomic mass is 10.2. The van der Waals surface area contributed by atoms with Crippen LogP contribution in [-0.4, -0.2) is 82.1 Å². The second-order valence-electron chi connectivity index (χ2n) is 10.5. The lowest BCUT2D eigenvalue weighted by Crippen LogP contribution is -2.40. The van der Waals surface area contributed by atoms with Crippen molar-refractivity contribution in [3.63, 3.8) is 0 Å². The first-order chi connectivity index (χ1) is 17.3. The number of unbranched alkanes of at least 4 members (excludes halogenated alkanes) is 1. The minimum Gasteiger partial charge on any atom is -0.444 e. The van der Waals surface area contributed by atoms with E-state index < -0.39 is 23.4 Å². The van der Waals surface area contributed by atoms with Crippen molar-refractivity contribution in [3.05, 3.63) is 24.3 Å². The van der Waals surface area contributed by atoms with E-state index in [4.69, 9.17) is 14.3 Å². The van der Waals surface area contributed by atoms with E-state index in [1.165, 1.54) is 4.85 Å². The van der Waals surface area contributed by atoms with Gasteiger partial charge >= 0.3 is 12.2 Å². The highest BCUT2D eigenvalue weighted by Crippen LogP contribution is 2.09. The van der Waals surface area contributed by atoms with E-state index in [0.717, 1.165) is 0 Å². The highest BCUT2D eigenvalue weighted by atomic mass is 16.7. The molecule has 37 heavy (non-hydrogen) atoms. The third-order valence-electron chi connectivity index (χ3n) is 4.78. The van der Waals surface area contributed by atoms with E-state index in [2.05, 4.69) is 20.9 Å². The molecule has 0 spiro atoms. The van der Waals surface area contributed by atoms with Gasteiger partial charge in [0.05, 0.1) is 0 Å². The molecule has 0 bridgehead atoms. The molecule has 12 heteroatoms. The van der Waals surface area contributed by atoms with Crippen molar-refractivity contribution in [2.45, 2.75) is 72.0 Å². The average Bonchev–Trinajstić information content (AvgIpc) is 3.19. The SMILES string of the molecule is CC(C)(C)OC(=O)NCCCCN(CCCNC(=O)OC(C)(C)C)C(=O)COn1nnc2ccccc21. The Morgan fingerprint density at radius 3 is 2.05 bits per heavy atom. The highest BCUT2D eigenvalue weighted by Gasteiger charge is 2.18. The van der Waals surface area contributed by atoms with Gasteiger partial charge in [0.25, 0.3) is 5.91 Å². The van der Waals surface area contributed by atoms with Crippen LogP contribution < -0.4 is 15.5 Å². The Hall–Kier alpha value is -3.57. The molecule has 1 aromatic carbocycles. The van der Waals surface area contributed by atoms with Crippen LogP contribution in [0.2, 0.25) is 0 Å². The molecule has 12 nitrogen and oxygen atoms in total. The van der Waals surface area contributed by atoms with Gasteiger partial charge in [-0.15, -0.1) is 5.10 Å². The molecule has 0 fully saturated rings. The van der Waals surface area contributed by atoms with Gasteiger partial charge in [0.1, 0.15) is 22.2 Å². The first kappa shape index (κ1) is 29.7. The molecule has 0 radical (unpaired) electrons. The molecule has 1 aromatic heterocycles. The third-order valence-corrected chi connectivity index (χ3v) is 4.78. The van der Waals surface area contributed by atoms with Crippen molar-refractivity contribution in [1.29, 1.82) is 0 Å². The quantitative estimate of drug-likeness (QED) is 0.408. The predicted molar refractivity (Wildman–Crippen MR) is 138 cm³/mol. The highest BCUT2D eigenvalue weighted by molar-refractivity contribution is 5.78. The van der Waals surface area contributed by atoms with E-state index in [-0.39, 0.29) is 12.5 Å². The smallest absolute Gasteiger partial charge is 0.407 e. The summed E-state index contributed by atoms with van der Waals surface area (Å²) < 4.78 is 10.5. The number of carbonyl (C=O) groups is 3. The molecule has 0 saturated heterocycles. The number of carbonyl (C=O) groups excluding carboxylic acids is 3. The zero-order chi connectivity index (χ0) is 27.5. The third kappa shape index (κ3) is 11.8. The van der Waals surface area contributed by atoms with Gasteiger partial charge in [-0.25, -0.2) is 9.59 Å². The summed E-state index contributed by atoms with van der Waals surface area (Å²) in [6.45, 7) is 12.2. The second-order valence-corrected chi connectivity index (χ2v) is 10.5. The Balaban J connectivity index is 1.84. The fourth-order valence-electron chi connectivity index (χ4n) is 3.22. The van der Waals surface area contributed by atoms with Crippen LogP contribution in [0.3, 0.4) is 0 Å². The van der Waals surface area contributed by atoms with Crippen LogP contribution in [0.4, 0.5) is 9.59 Å². The van der Waals surface area contributed by atoms with Gasteiger partial charge in [0, 0.05) is 26.2 Å². The lowest BCUT2D eigenvalue weighted by Gasteiger charge is -2.23. The second kappa shape index (κ2) is 13.7. The number of nitrogens with one attached hydrogen (secondary N) is 2. The van der Waals surface area contributed by atoms with E-state index in [0.29, 0.717) is 56.5 Å². The maximum absolute atomic E-state index is 13.0. The van der Waals surface area contributed by atoms with Crippen LogP contribution in [0, 0.1) is 0 Å². The van der Waals surface area contributed by atoms with Crippen molar-refractivity contribution < 1.29 is 28.7 Å². The number of amides is 3. The van der Waals surface area contributed by atoms with Crippen molar-refractivity contribution >= 4 is 29.1 Å². The summed E-state index contributed by atoms with van der Waals surface area (Å²) in [5, 5.41) is 13.4. The van der Waals surface area contributed by atoms with Gasteiger partial charge in [-0.2, -0.15) is 0 Å². The normalized spacial score (nSPS) is 11.6. The first-order valence-electron chi connectivity index (χ1n) is 12.5. The number of fused-ring (bicyclic) bond motifs is 1. The topological polar surface area (TPSA) is 137 Å². The number of rotatable bonds is 12. The maximum Gasteiger partial charge on any atom is 0.407 e. The van der Waals surface area contributed by atoms with E-state index in [1.54, 1.807) is 58.6 Å². The summed E-state index contributed by atoms with van der Waals surface area (Å²) in [4.78, 5) is 45.1. The Morgan fingerprint density at radius 1 is 0.865 bits per heavy atom. The van der Waals surface area contributed by atoms with Gasteiger partial charge < -0.3 is 29.8 Å². The molecule has 1 heterocycles. The van der Waals surface area contributed by atoms with Crippen molar-refractivity contribution in [3.8, 4) is 0 Å². The van der Waals surface area contributed by atoms with Crippen LogP contribution in [0.25, 0.3) is 11.0 Å². The molecule has 0 aliphatic rings. The Labute approximate surface area is 217 Å². The molecule has 0 atom stereocenters. The minimum atomic E-state index is -0.581. The van der Waals surface area contributed by atoms with Crippen molar-refractivity contribution in [1.82, 2.24) is 30.7 Å². The molecule has 0 aliphatic heterocycles. The van der Waals surface area contributed by atoms with Gasteiger partial charge in [0.2, 0.25) is 0 Å². The lowest BCUT2D eigenvalue weighted by molar-refractivity contribution is -0.136. The molecule has 0 saturated carbocycles. The summed E-state index contributed by atoms with van der Waals surface area (Å²) in [7, 11) is 0. The number of nitrogens with zero attached hydrogens (tertiary/aromatic N) is 4. The number of hydrogen-bond acceptors (Lipinski definition) is 8. The summed E-state index contributed by atoms with van der Waals surface area (Å²) in [5.74, 6) is -0.225. The summed E-state index contributed by atoms with van der Waals surface area (Å²) in [5.41, 5.74) is 0.187. The van der Waals surface area contributed by atoms with E-state index >= 15 is 0 Å². The van der Waals surface area contributed by atoms with Gasteiger partial charge in [-0.1, -0.05) is 17.0 Å². The molecule has 0 aliphatic carbocycles. The van der Waals surface area contributed by atoms with Crippen molar-refractivity contribution in [2.75, 3.05) is 32.8 Å². The maximum atomic E-state index is 13.0. The first-order valence-corrected chi connectivity index (χ1v) is 12.5. The van der Waals surface area contributed by atoms with Crippen LogP contribution in [0.5, 0.6) is 0 Å². The summed E-state index contributed by atoms with van der Waals surface area (Å²) in [6.07, 6.45) is 0.885. The zero-order valence-electron chi connectivity index (χ0n) is 22.7. The van der Waals surface area contributed by atoms with Crippen LogP contribution in [0.15, 0.2) is 24.3 Å². The molecule has 2 aromatic rings. The fourth-order valence-corrected chi connectivity index (χ4v) is 3.22. The number of para-hydroxylation sites is 1. The number of aromatic nitrogens is 3. The molecule has 0 unspecified atom stereocenters. The Morgan fingerprint density at radius 2 is 1.43 bits per heavy atom.